The summed E-state index contributed by atoms with van der Waals surface area (Å²) in [6.45, 7) is 0.863. The van der Waals surface area contributed by atoms with Crippen molar-refractivity contribution >= 4 is 29.2 Å². The molecule has 3 N–H and O–H groups in total. The molecule has 1 aliphatic rings. The quantitative estimate of drug-likeness (QED) is 0.798. The van der Waals surface area contributed by atoms with Gasteiger partial charge in [0.15, 0.2) is 0 Å². The molecule has 104 valence electrons. The van der Waals surface area contributed by atoms with Crippen LogP contribution in [0.4, 0.5) is 4.79 Å². The Bertz CT molecular complexity index is 496. The van der Waals surface area contributed by atoms with Gasteiger partial charge in [-0.1, -0.05) is 23.2 Å². The van der Waals surface area contributed by atoms with E-state index in [1.54, 1.807) is 4.90 Å². The molecule has 7 heteroatoms. The van der Waals surface area contributed by atoms with Crippen molar-refractivity contribution in [3.8, 4) is 5.75 Å². The van der Waals surface area contributed by atoms with E-state index in [1.165, 1.54) is 12.1 Å². The summed E-state index contributed by atoms with van der Waals surface area (Å²) >= 11 is 12.0. The van der Waals surface area contributed by atoms with Gasteiger partial charge in [-0.05, 0) is 18.6 Å². The number of nitrogens with zero attached hydrogens (tertiary/aromatic N) is 1. The fourth-order valence-corrected chi connectivity index (χ4v) is 2.55. The van der Waals surface area contributed by atoms with Crippen LogP contribution in [-0.2, 0) is 0 Å². The second kappa shape index (κ2) is 5.86. The molecule has 5 nitrogen and oxygen atoms in total. The summed E-state index contributed by atoms with van der Waals surface area (Å²) in [5.41, 5.74) is 0.425. The number of halogens is 2. The molecule has 2 amide bonds. The second-order valence-corrected chi connectivity index (χ2v) is 5.10. The van der Waals surface area contributed by atoms with Crippen molar-refractivity contribution in [2.24, 2.45) is 0 Å². The number of phenolic OH excluding ortho intramolecular Hbond substituents is 1. The smallest absolute Gasteiger partial charge is 0.318 e. The van der Waals surface area contributed by atoms with Crippen LogP contribution < -0.4 is 5.32 Å². The highest BCUT2D eigenvalue weighted by atomic mass is 35.5. The van der Waals surface area contributed by atoms with Gasteiger partial charge >= 0.3 is 6.03 Å². The summed E-state index contributed by atoms with van der Waals surface area (Å²) in [7, 11) is 0. The van der Waals surface area contributed by atoms with Crippen molar-refractivity contribution in [1.82, 2.24) is 10.2 Å². The number of amides is 2. The zero-order valence-electron chi connectivity index (χ0n) is 10.1. The molecule has 1 heterocycles. The van der Waals surface area contributed by atoms with Gasteiger partial charge in [0.2, 0.25) is 0 Å². The molecule has 1 atom stereocenters. The number of hydrogen-bond acceptors (Lipinski definition) is 3. The van der Waals surface area contributed by atoms with E-state index >= 15 is 0 Å². The van der Waals surface area contributed by atoms with Crippen molar-refractivity contribution in [3.63, 3.8) is 0 Å². The molecule has 0 aliphatic carbocycles. The molecule has 1 fully saturated rings. The first-order valence-corrected chi connectivity index (χ1v) is 6.63. The fraction of sp³-hybridized carbons (Fsp3) is 0.417. The highest BCUT2D eigenvalue weighted by molar-refractivity contribution is 6.42. The maximum atomic E-state index is 11.7. The van der Waals surface area contributed by atoms with Gasteiger partial charge in [0.05, 0.1) is 16.1 Å². The summed E-state index contributed by atoms with van der Waals surface area (Å²) in [6, 6.07) is 2.31. The van der Waals surface area contributed by atoms with Crippen LogP contribution in [0.1, 0.15) is 18.0 Å². The first-order chi connectivity index (χ1) is 9.04. The molecule has 1 aliphatic heterocycles. The van der Waals surface area contributed by atoms with Crippen LogP contribution in [0.25, 0.3) is 0 Å². The van der Waals surface area contributed by atoms with E-state index in [0.717, 1.165) is 0 Å². The van der Waals surface area contributed by atoms with Crippen molar-refractivity contribution in [1.29, 1.82) is 0 Å². The Morgan fingerprint density at radius 1 is 1.42 bits per heavy atom. The Morgan fingerprint density at radius 2 is 2.16 bits per heavy atom. The minimum Gasteiger partial charge on any atom is -0.508 e. The molecule has 2 rings (SSSR count). The highest BCUT2D eigenvalue weighted by Gasteiger charge is 2.32. The maximum Gasteiger partial charge on any atom is 0.318 e. The third kappa shape index (κ3) is 2.88. The van der Waals surface area contributed by atoms with Gasteiger partial charge in [0, 0.05) is 25.3 Å². The lowest BCUT2D eigenvalue weighted by Crippen LogP contribution is -2.29. The van der Waals surface area contributed by atoms with Crippen LogP contribution in [0.5, 0.6) is 5.75 Å². The first kappa shape index (κ1) is 14.2. The number of aliphatic hydroxyl groups is 1. The number of aromatic hydroxyl groups is 1. The lowest BCUT2D eigenvalue weighted by molar-refractivity contribution is 0.209. The number of nitrogens with one attached hydrogen (secondary N) is 1. The van der Waals surface area contributed by atoms with Gasteiger partial charge in [-0.15, -0.1) is 0 Å². The lowest BCUT2D eigenvalue weighted by Gasteiger charge is -2.16. The highest BCUT2D eigenvalue weighted by Crippen LogP contribution is 2.38. The topological polar surface area (TPSA) is 72.8 Å². The van der Waals surface area contributed by atoms with Crippen molar-refractivity contribution in [2.45, 2.75) is 12.5 Å². The number of urea groups is 1. The number of benzene rings is 1. The van der Waals surface area contributed by atoms with E-state index < -0.39 is 6.04 Å². The van der Waals surface area contributed by atoms with Gasteiger partial charge in [-0.3, -0.25) is 0 Å². The fourth-order valence-electron chi connectivity index (χ4n) is 2.09. The van der Waals surface area contributed by atoms with E-state index in [4.69, 9.17) is 28.3 Å². The molecule has 1 unspecified atom stereocenters. The monoisotopic (exact) mass is 304 g/mol. The van der Waals surface area contributed by atoms with E-state index in [9.17, 15) is 9.90 Å². The predicted molar refractivity (Wildman–Crippen MR) is 72.7 cm³/mol. The Morgan fingerprint density at radius 3 is 2.84 bits per heavy atom. The van der Waals surface area contributed by atoms with E-state index in [2.05, 4.69) is 5.32 Å². The van der Waals surface area contributed by atoms with E-state index in [1.807, 2.05) is 0 Å². The van der Waals surface area contributed by atoms with Crippen molar-refractivity contribution in [2.75, 3.05) is 19.7 Å². The standard InChI is InChI=1S/C12H14Cl2N2O3/c13-7-2-3-9(18)10(11(7)14)8-6-16(4-1-5-17)12(19)15-8/h2-3,8,17-18H,1,4-6H2,(H,15,19). The van der Waals surface area contributed by atoms with Crippen LogP contribution in [0, 0.1) is 0 Å². The van der Waals surface area contributed by atoms with Gasteiger partial charge in [-0.25, -0.2) is 4.79 Å². The first-order valence-electron chi connectivity index (χ1n) is 5.87. The third-order valence-electron chi connectivity index (χ3n) is 3.03. The van der Waals surface area contributed by atoms with Crippen LogP contribution >= 0.6 is 23.2 Å². The molecule has 0 saturated carbocycles. The molecular formula is C12H14Cl2N2O3. The number of carbonyl (C=O) groups is 1. The molecular weight excluding hydrogens is 291 g/mol. The van der Waals surface area contributed by atoms with E-state index in [0.29, 0.717) is 30.1 Å². The summed E-state index contributed by atoms with van der Waals surface area (Å²) in [4.78, 5) is 13.3. The minimum atomic E-state index is -0.405. The number of hydrogen-bond donors (Lipinski definition) is 3. The zero-order chi connectivity index (χ0) is 14.0. The van der Waals surface area contributed by atoms with Gasteiger partial charge in [-0.2, -0.15) is 0 Å². The summed E-state index contributed by atoms with van der Waals surface area (Å²) in [6.07, 6.45) is 0.509. The Kier molecular flexibility index (Phi) is 4.39. The van der Waals surface area contributed by atoms with E-state index in [-0.39, 0.29) is 23.4 Å². The number of carbonyl (C=O) groups excluding carboxylic acids is 1. The molecule has 0 spiro atoms. The van der Waals surface area contributed by atoms with Crippen LogP contribution in [0.2, 0.25) is 10.0 Å². The molecule has 1 aromatic carbocycles. The lowest BCUT2D eigenvalue weighted by atomic mass is 10.1. The van der Waals surface area contributed by atoms with Crippen molar-refractivity contribution < 1.29 is 15.0 Å². The summed E-state index contributed by atoms with van der Waals surface area (Å²) in [5, 5.41) is 22.0. The normalized spacial score (nSPS) is 18.8. The maximum absolute atomic E-state index is 11.7. The van der Waals surface area contributed by atoms with Gasteiger partial charge in [0.25, 0.3) is 0 Å². The SMILES string of the molecule is O=C1NC(c2c(O)ccc(Cl)c2Cl)CN1CCCO. The summed E-state index contributed by atoms with van der Waals surface area (Å²) < 4.78 is 0. The van der Waals surface area contributed by atoms with Crippen LogP contribution in [0.3, 0.4) is 0 Å². The van der Waals surface area contributed by atoms with Gasteiger partial charge < -0.3 is 20.4 Å². The summed E-state index contributed by atoms with van der Waals surface area (Å²) in [5.74, 6) is 0.00343. The second-order valence-electron chi connectivity index (χ2n) is 4.32. The number of rotatable bonds is 4. The van der Waals surface area contributed by atoms with Crippen molar-refractivity contribution in [3.05, 3.63) is 27.7 Å². The number of phenols is 1. The largest absolute Gasteiger partial charge is 0.508 e. The van der Waals surface area contributed by atoms with Crippen LogP contribution in [-0.4, -0.2) is 40.8 Å². The Balaban J connectivity index is 2.21. The Hall–Kier alpha value is -1.17. The predicted octanol–water partition coefficient (Wildman–Crippen LogP) is 2.15. The van der Waals surface area contributed by atoms with Gasteiger partial charge in [0.1, 0.15) is 5.75 Å². The molecule has 0 bridgehead atoms. The third-order valence-corrected chi connectivity index (χ3v) is 3.85. The molecule has 19 heavy (non-hydrogen) atoms. The average Bonchev–Trinajstić information content (AvgIpc) is 2.73. The van der Waals surface area contributed by atoms with Crippen LogP contribution in [0.15, 0.2) is 12.1 Å². The molecule has 0 radical (unpaired) electrons. The zero-order valence-corrected chi connectivity index (χ0v) is 11.6. The average molecular weight is 305 g/mol. The molecule has 1 aromatic rings. The molecule has 0 aromatic heterocycles. The number of aliphatic hydroxyl groups excluding tert-OH is 1. The minimum absolute atomic E-state index is 0.00343. The molecule has 1 saturated heterocycles. The Labute approximate surface area is 120 Å².